The fourth-order valence-corrected chi connectivity index (χ4v) is 2.50. The number of fused-ring (bicyclic) bond motifs is 1. The van der Waals surface area contributed by atoms with Crippen molar-refractivity contribution in [2.24, 2.45) is 7.05 Å². The number of amides is 1. The summed E-state index contributed by atoms with van der Waals surface area (Å²) < 4.78 is 2.82. The number of anilines is 1. The van der Waals surface area contributed by atoms with Gasteiger partial charge in [0, 0.05) is 19.3 Å². The molecule has 2 aromatic heterocycles. The third-order valence-electron chi connectivity index (χ3n) is 3.70. The lowest BCUT2D eigenvalue weighted by Crippen LogP contribution is -2.36. The summed E-state index contributed by atoms with van der Waals surface area (Å²) in [5, 5.41) is 4.41. The second-order valence-electron chi connectivity index (χ2n) is 5.31. The average molecular weight is 323 g/mol. The second-order valence-corrected chi connectivity index (χ2v) is 5.31. The third-order valence-corrected chi connectivity index (χ3v) is 3.70. The molecule has 3 aromatic rings. The van der Waals surface area contributed by atoms with Crippen LogP contribution in [-0.4, -0.2) is 31.8 Å². The molecule has 0 aliphatic heterocycles. The van der Waals surface area contributed by atoms with Crippen molar-refractivity contribution in [2.45, 2.75) is 6.54 Å². The molecule has 122 valence electrons. The van der Waals surface area contributed by atoms with Crippen molar-refractivity contribution in [3.8, 4) is 0 Å². The van der Waals surface area contributed by atoms with E-state index in [1.807, 2.05) is 30.3 Å². The first kappa shape index (κ1) is 15.7. The molecular weight excluding hydrogens is 306 g/mol. The topological polar surface area (TPSA) is 73.0 Å². The normalized spacial score (nSPS) is 10.7. The first-order valence-corrected chi connectivity index (χ1v) is 7.45. The van der Waals surface area contributed by atoms with E-state index in [0.29, 0.717) is 17.6 Å². The molecule has 0 radical (unpaired) electrons. The van der Waals surface area contributed by atoms with Gasteiger partial charge >= 0.3 is 0 Å². The first-order chi connectivity index (χ1) is 11.6. The summed E-state index contributed by atoms with van der Waals surface area (Å²) in [6, 6.07) is 9.27. The maximum Gasteiger partial charge on any atom is 0.264 e. The monoisotopic (exact) mass is 323 g/mol. The Morgan fingerprint density at radius 3 is 2.79 bits per heavy atom. The van der Waals surface area contributed by atoms with Crippen LogP contribution >= 0.6 is 0 Å². The van der Waals surface area contributed by atoms with Gasteiger partial charge < -0.3 is 4.90 Å². The quantitative estimate of drug-likeness (QED) is 0.664. The van der Waals surface area contributed by atoms with Crippen molar-refractivity contribution in [3.63, 3.8) is 0 Å². The van der Waals surface area contributed by atoms with E-state index in [9.17, 15) is 9.59 Å². The van der Waals surface area contributed by atoms with Crippen LogP contribution in [0.15, 0.2) is 60.3 Å². The summed E-state index contributed by atoms with van der Waals surface area (Å²) in [5.74, 6) is -0.215. The number of nitrogens with zero attached hydrogens (tertiary/aromatic N) is 5. The van der Waals surface area contributed by atoms with E-state index in [2.05, 4.69) is 16.7 Å². The largest absolute Gasteiger partial charge is 0.307 e. The Labute approximate surface area is 138 Å². The lowest BCUT2D eigenvalue weighted by molar-refractivity contribution is -0.119. The molecule has 0 atom stereocenters. The zero-order valence-corrected chi connectivity index (χ0v) is 13.3. The number of aromatic nitrogens is 4. The summed E-state index contributed by atoms with van der Waals surface area (Å²) in [6.45, 7) is 3.95. The standard InChI is InChI=1S/C17H17N5O2/c1-3-9-22(13-7-5-4-6-8-13)15(23)11-21-12-18-16-14(17(21)24)10-19-20(16)2/h3-8,10,12H,1,9,11H2,2H3. The van der Waals surface area contributed by atoms with Gasteiger partial charge in [-0.05, 0) is 12.1 Å². The SMILES string of the molecule is C=CCN(C(=O)Cn1cnc2c(cnn2C)c1=O)c1ccccc1. The van der Waals surface area contributed by atoms with Gasteiger partial charge in [-0.2, -0.15) is 5.10 Å². The smallest absolute Gasteiger partial charge is 0.264 e. The molecule has 0 aliphatic rings. The van der Waals surface area contributed by atoms with Crippen LogP contribution in [-0.2, 0) is 18.4 Å². The number of aryl methyl sites for hydroxylation is 1. The van der Waals surface area contributed by atoms with E-state index < -0.39 is 0 Å². The van der Waals surface area contributed by atoms with Crippen molar-refractivity contribution in [3.05, 3.63) is 65.9 Å². The summed E-state index contributed by atoms with van der Waals surface area (Å²) in [6.07, 6.45) is 4.49. The lowest BCUT2D eigenvalue weighted by atomic mass is 10.2. The molecule has 7 heteroatoms. The zero-order valence-electron chi connectivity index (χ0n) is 13.3. The Hall–Kier alpha value is -3.22. The van der Waals surface area contributed by atoms with Crippen molar-refractivity contribution >= 4 is 22.6 Å². The van der Waals surface area contributed by atoms with Gasteiger partial charge in [0.15, 0.2) is 5.65 Å². The molecule has 0 N–H and O–H groups in total. The highest BCUT2D eigenvalue weighted by atomic mass is 16.2. The Morgan fingerprint density at radius 1 is 1.33 bits per heavy atom. The summed E-state index contributed by atoms with van der Waals surface area (Å²) in [4.78, 5) is 30.9. The molecule has 2 heterocycles. The number of hydrogen-bond acceptors (Lipinski definition) is 4. The van der Waals surface area contributed by atoms with Gasteiger partial charge in [-0.15, -0.1) is 6.58 Å². The maximum atomic E-state index is 12.7. The molecule has 0 unspecified atom stereocenters. The lowest BCUT2D eigenvalue weighted by Gasteiger charge is -2.21. The Kier molecular flexibility index (Phi) is 4.24. The van der Waals surface area contributed by atoms with Gasteiger partial charge in [0.25, 0.3) is 5.56 Å². The minimum atomic E-state index is -0.284. The Morgan fingerprint density at radius 2 is 2.08 bits per heavy atom. The molecule has 1 amide bonds. The number of hydrogen-bond donors (Lipinski definition) is 0. The van der Waals surface area contributed by atoms with E-state index >= 15 is 0 Å². The second kappa shape index (κ2) is 6.49. The highest BCUT2D eigenvalue weighted by molar-refractivity contribution is 5.93. The molecule has 0 fully saturated rings. The number of benzene rings is 1. The van der Waals surface area contributed by atoms with Crippen LogP contribution in [0.4, 0.5) is 5.69 Å². The van der Waals surface area contributed by atoms with Crippen molar-refractivity contribution in [2.75, 3.05) is 11.4 Å². The molecule has 7 nitrogen and oxygen atoms in total. The third kappa shape index (κ3) is 2.83. The highest BCUT2D eigenvalue weighted by Gasteiger charge is 2.17. The number of carbonyl (C=O) groups excluding carboxylic acids is 1. The van der Waals surface area contributed by atoms with Crippen LogP contribution in [0.2, 0.25) is 0 Å². The van der Waals surface area contributed by atoms with Gasteiger partial charge in [-0.1, -0.05) is 24.3 Å². The van der Waals surface area contributed by atoms with E-state index in [-0.39, 0.29) is 18.0 Å². The molecular formula is C17H17N5O2. The molecule has 0 saturated heterocycles. The van der Waals surface area contributed by atoms with Gasteiger partial charge in [0.1, 0.15) is 18.3 Å². The first-order valence-electron chi connectivity index (χ1n) is 7.45. The maximum absolute atomic E-state index is 12.7. The number of rotatable bonds is 5. The average Bonchev–Trinajstić information content (AvgIpc) is 2.98. The molecule has 24 heavy (non-hydrogen) atoms. The summed E-state index contributed by atoms with van der Waals surface area (Å²) in [5.41, 5.74) is 0.966. The van der Waals surface area contributed by atoms with Crippen molar-refractivity contribution in [1.82, 2.24) is 19.3 Å². The van der Waals surface area contributed by atoms with Gasteiger partial charge in [0.2, 0.25) is 5.91 Å². The summed E-state index contributed by atoms with van der Waals surface area (Å²) >= 11 is 0. The van der Waals surface area contributed by atoms with Gasteiger partial charge in [0.05, 0.1) is 6.20 Å². The van der Waals surface area contributed by atoms with Gasteiger partial charge in [-0.3, -0.25) is 18.8 Å². The van der Waals surface area contributed by atoms with Crippen LogP contribution in [0, 0.1) is 0 Å². The summed E-state index contributed by atoms with van der Waals surface area (Å²) in [7, 11) is 1.71. The van der Waals surface area contributed by atoms with Crippen LogP contribution in [0.25, 0.3) is 11.0 Å². The fraction of sp³-hybridized carbons (Fsp3) is 0.176. The molecule has 0 aliphatic carbocycles. The van der Waals surface area contributed by atoms with Gasteiger partial charge in [-0.25, -0.2) is 4.98 Å². The minimum absolute atomic E-state index is 0.0978. The Bertz CT molecular complexity index is 943. The van der Waals surface area contributed by atoms with Crippen LogP contribution in [0.3, 0.4) is 0 Å². The molecule has 1 aromatic carbocycles. The molecule has 0 bridgehead atoms. The fourth-order valence-electron chi connectivity index (χ4n) is 2.50. The van der Waals surface area contributed by atoms with E-state index in [1.165, 1.54) is 21.8 Å². The molecule has 0 saturated carbocycles. The van der Waals surface area contributed by atoms with Crippen LogP contribution < -0.4 is 10.5 Å². The molecule has 3 rings (SSSR count). The minimum Gasteiger partial charge on any atom is -0.307 e. The van der Waals surface area contributed by atoms with Crippen molar-refractivity contribution in [1.29, 1.82) is 0 Å². The van der Waals surface area contributed by atoms with Crippen molar-refractivity contribution < 1.29 is 4.79 Å². The predicted octanol–water partition coefficient (Wildman–Crippen LogP) is 1.35. The van der Waals surface area contributed by atoms with E-state index in [0.717, 1.165) is 5.69 Å². The van der Waals surface area contributed by atoms with Crippen LogP contribution in [0.5, 0.6) is 0 Å². The Balaban J connectivity index is 1.91. The molecule has 0 spiro atoms. The number of carbonyl (C=O) groups is 1. The number of para-hydroxylation sites is 1. The highest BCUT2D eigenvalue weighted by Crippen LogP contribution is 2.14. The predicted molar refractivity (Wildman–Crippen MR) is 91.8 cm³/mol. The van der Waals surface area contributed by atoms with Crippen LogP contribution in [0.1, 0.15) is 0 Å². The zero-order chi connectivity index (χ0) is 17.1. The van der Waals surface area contributed by atoms with E-state index in [4.69, 9.17) is 0 Å². The van der Waals surface area contributed by atoms with E-state index in [1.54, 1.807) is 18.0 Å².